The molecular formula is C17H21N3S. The first-order valence-corrected chi connectivity index (χ1v) is 8.29. The number of nitrogens with zero attached hydrogens (tertiary/aromatic N) is 2. The van der Waals surface area contributed by atoms with E-state index in [0.29, 0.717) is 0 Å². The van der Waals surface area contributed by atoms with Crippen LogP contribution in [0.25, 0.3) is 10.1 Å². The van der Waals surface area contributed by atoms with Gasteiger partial charge in [-0.1, -0.05) is 25.1 Å². The van der Waals surface area contributed by atoms with E-state index < -0.39 is 0 Å². The van der Waals surface area contributed by atoms with Gasteiger partial charge < -0.3 is 5.32 Å². The van der Waals surface area contributed by atoms with Gasteiger partial charge in [-0.15, -0.1) is 11.3 Å². The fourth-order valence-corrected chi connectivity index (χ4v) is 3.74. The number of fused-ring (bicyclic) bond motifs is 1. The molecule has 0 aliphatic rings. The lowest BCUT2D eigenvalue weighted by atomic mass is 10.1. The number of hydrogen-bond acceptors (Lipinski definition) is 3. The summed E-state index contributed by atoms with van der Waals surface area (Å²) in [4.78, 5) is 1.43. The van der Waals surface area contributed by atoms with Crippen LogP contribution in [0, 0.1) is 6.92 Å². The van der Waals surface area contributed by atoms with Crippen molar-refractivity contribution in [3.8, 4) is 0 Å². The summed E-state index contributed by atoms with van der Waals surface area (Å²) in [5.74, 6) is 0. The lowest BCUT2D eigenvalue weighted by molar-refractivity contribution is 0.656. The zero-order valence-electron chi connectivity index (χ0n) is 12.6. The average molecular weight is 299 g/mol. The minimum absolute atomic E-state index is 0.848. The van der Waals surface area contributed by atoms with Crippen LogP contribution >= 0.6 is 11.3 Å². The quantitative estimate of drug-likeness (QED) is 0.698. The Labute approximate surface area is 129 Å². The van der Waals surface area contributed by atoms with Gasteiger partial charge >= 0.3 is 0 Å². The molecule has 1 N–H and O–H groups in total. The largest absolute Gasteiger partial charge is 0.312 e. The average Bonchev–Trinajstić information content (AvgIpc) is 3.05. The number of aryl methyl sites for hydroxylation is 1. The summed E-state index contributed by atoms with van der Waals surface area (Å²) in [6, 6.07) is 10.7. The maximum absolute atomic E-state index is 4.53. The highest BCUT2D eigenvalue weighted by atomic mass is 32.1. The molecule has 0 aliphatic carbocycles. The van der Waals surface area contributed by atoms with Crippen LogP contribution in [-0.2, 0) is 13.1 Å². The normalized spacial score (nSPS) is 11.3. The van der Waals surface area contributed by atoms with E-state index in [1.807, 2.05) is 22.9 Å². The summed E-state index contributed by atoms with van der Waals surface area (Å²) in [6.07, 6.45) is 3.23. The standard InChI is InChI=1S/C17H21N3S/c1-3-9-18-11-17-15(12-20-10-8-13(2)19-20)14-6-4-5-7-16(14)21-17/h4-8,10,18H,3,9,11-12H2,1-2H3. The summed E-state index contributed by atoms with van der Waals surface area (Å²) in [7, 11) is 0. The Balaban J connectivity index is 1.94. The minimum Gasteiger partial charge on any atom is -0.312 e. The first-order chi connectivity index (χ1) is 10.3. The third-order valence-electron chi connectivity index (χ3n) is 3.59. The van der Waals surface area contributed by atoms with Crippen LogP contribution in [-0.4, -0.2) is 16.3 Å². The Morgan fingerprint density at radius 2 is 2.10 bits per heavy atom. The molecular weight excluding hydrogens is 278 g/mol. The van der Waals surface area contributed by atoms with Gasteiger partial charge in [0.15, 0.2) is 0 Å². The van der Waals surface area contributed by atoms with E-state index in [4.69, 9.17) is 0 Å². The topological polar surface area (TPSA) is 29.9 Å². The van der Waals surface area contributed by atoms with Crippen molar-refractivity contribution in [1.82, 2.24) is 15.1 Å². The molecule has 110 valence electrons. The second-order valence-electron chi connectivity index (χ2n) is 5.33. The summed E-state index contributed by atoms with van der Waals surface area (Å²) in [5.41, 5.74) is 2.47. The van der Waals surface area contributed by atoms with E-state index >= 15 is 0 Å². The molecule has 3 rings (SSSR count). The van der Waals surface area contributed by atoms with E-state index in [-0.39, 0.29) is 0 Å². The number of hydrogen-bond donors (Lipinski definition) is 1. The Kier molecular flexibility index (Phi) is 4.36. The van der Waals surface area contributed by atoms with Crippen LogP contribution in [0.15, 0.2) is 36.5 Å². The number of aromatic nitrogens is 2. The highest BCUT2D eigenvalue weighted by Crippen LogP contribution is 2.31. The highest BCUT2D eigenvalue weighted by Gasteiger charge is 2.12. The fraction of sp³-hybridized carbons (Fsp3) is 0.353. The predicted octanol–water partition coefficient (Wildman–Crippen LogP) is 3.95. The first kappa shape index (κ1) is 14.3. The molecule has 0 amide bonds. The van der Waals surface area contributed by atoms with Gasteiger partial charge in [0.05, 0.1) is 12.2 Å². The molecule has 0 fully saturated rings. The van der Waals surface area contributed by atoms with Crippen LogP contribution in [0.2, 0.25) is 0 Å². The Morgan fingerprint density at radius 1 is 1.24 bits per heavy atom. The van der Waals surface area contributed by atoms with Crippen molar-refractivity contribution < 1.29 is 0 Å². The minimum atomic E-state index is 0.848. The van der Waals surface area contributed by atoms with Crippen LogP contribution in [0.1, 0.15) is 29.5 Å². The van der Waals surface area contributed by atoms with Crippen molar-refractivity contribution in [3.05, 3.63) is 52.7 Å². The molecule has 0 radical (unpaired) electrons. The molecule has 2 heterocycles. The monoisotopic (exact) mass is 299 g/mol. The van der Waals surface area contributed by atoms with E-state index in [1.165, 1.54) is 26.9 Å². The number of rotatable bonds is 6. The highest BCUT2D eigenvalue weighted by molar-refractivity contribution is 7.19. The van der Waals surface area contributed by atoms with Gasteiger partial charge in [-0.25, -0.2) is 0 Å². The molecule has 0 atom stereocenters. The molecule has 0 saturated heterocycles. The smallest absolute Gasteiger partial charge is 0.0676 e. The Hall–Kier alpha value is -1.65. The predicted molar refractivity (Wildman–Crippen MR) is 89.9 cm³/mol. The van der Waals surface area contributed by atoms with Gasteiger partial charge in [0.25, 0.3) is 0 Å². The SMILES string of the molecule is CCCNCc1sc2ccccc2c1Cn1ccc(C)n1. The molecule has 4 heteroatoms. The zero-order chi connectivity index (χ0) is 14.7. The van der Waals surface area contributed by atoms with Gasteiger partial charge in [0, 0.05) is 22.3 Å². The third kappa shape index (κ3) is 3.17. The van der Waals surface area contributed by atoms with Gasteiger partial charge in [0.1, 0.15) is 0 Å². The summed E-state index contributed by atoms with van der Waals surface area (Å²) >= 11 is 1.90. The second kappa shape index (κ2) is 6.41. The lowest BCUT2D eigenvalue weighted by Gasteiger charge is -2.06. The van der Waals surface area contributed by atoms with Crippen LogP contribution < -0.4 is 5.32 Å². The molecule has 21 heavy (non-hydrogen) atoms. The van der Waals surface area contributed by atoms with E-state index in [2.05, 4.69) is 53.9 Å². The van der Waals surface area contributed by atoms with Crippen molar-refractivity contribution in [3.63, 3.8) is 0 Å². The zero-order valence-corrected chi connectivity index (χ0v) is 13.4. The maximum atomic E-state index is 4.53. The van der Waals surface area contributed by atoms with Crippen molar-refractivity contribution >= 4 is 21.4 Å². The fourth-order valence-electron chi connectivity index (χ4n) is 2.56. The van der Waals surface area contributed by atoms with Crippen molar-refractivity contribution in [2.45, 2.75) is 33.4 Å². The van der Waals surface area contributed by atoms with Crippen molar-refractivity contribution in [1.29, 1.82) is 0 Å². The molecule has 0 bridgehead atoms. The van der Waals surface area contributed by atoms with Crippen molar-refractivity contribution in [2.24, 2.45) is 0 Å². The van der Waals surface area contributed by atoms with Gasteiger partial charge in [-0.2, -0.15) is 5.10 Å². The molecule has 1 aromatic carbocycles. The summed E-state index contributed by atoms with van der Waals surface area (Å²) in [6.45, 7) is 7.09. The number of benzene rings is 1. The van der Waals surface area contributed by atoms with Gasteiger partial charge in [-0.05, 0) is 43.0 Å². The van der Waals surface area contributed by atoms with Crippen LogP contribution in [0.3, 0.4) is 0 Å². The molecule has 0 unspecified atom stereocenters. The maximum Gasteiger partial charge on any atom is 0.0676 e. The van der Waals surface area contributed by atoms with Gasteiger partial charge in [0.2, 0.25) is 0 Å². The number of thiophene rings is 1. The van der Waals surface area contributed by atoms with E-state index in [9.17, 15) is 0 Å². The molecule has 0 saturated carbocycles. The van der Waals surface area contributed by atoms with E-state index in [0.717, 1.165) is 25.3 Å². The summed E-state index contributed by atoms with van der Waals surface area (Å²) < 4.78 is 3.40. The molecule has 0 spiro atoms. The van der Waals surface area contributed by atoms with Gasteiger partial charge in [-0.3, -0.25) is 4.68 Å². The molecule has 0 aliphatic heterocycles. The first-order valence-electron chi connectivity index (χ1n) is 7.48. The number of nitrogens with one attached hydrogen (secondary N) is 1. The Bertz CT molecular complexity index is 727. The molecule has 3 nitrogen and oxygen atoms in total. The Morgan fingerprint density at radius 3 is 2.86 bits per heavy atom. The molecule has 2 aromatic heterocycles. The van der Waals surface area contributed by atoms with Crippen molar-refractivity contribution in [2.75, 3.05) is 6.54 Å². The second-order valence-corrected chi connectivity index (χ2v) is 6.47. The molecule has 3 aromatic rings. The van der Waals surface area contributed by atoms with Crippen LogP contribution in [0.4, 0.5) is 0 Å². The van der Waals surface area contributed by atoms with E-state index in [1.54, 1.807) is 0 Å². The third-order valence-corrected chi connectivity index (χ3v) is 4.80. The summed E-state index contributed by atoms with van der Waals surface area (Å²) in [5, 5.41) is 9.42. The van der Waals surface area contributed by atoms with Crippen LogP contribution in [0.5, 0.6) is 0 Å². The lowest BCUT2D eigenvalue weighted by Crippen LogP contribution is -2.14.